The van der Waals surface area contributed by atoms with E-state index in [0.717, 1.165) is 12.8 Å². The summed E-state index contributed by atoms with van der Waals surface area (Å²) in [5, 5.41) is 0. The Bertz CT molecular complexity index is 359. The molecule has 0 amide bonds. The molecule has 1 unspecified atom stereocenters. The largest absolute Gasteiger partial charge is 0.303 e. The summed E-state index contributed by atoms with van der Waals surface area (Å²) in [6, 6.07) is 0. The monoisotopic (exact) mass is 434 g/mol. The first-order valence-corrected chi connectivity index (χ1v) is 14.4. The lowest BCUT2D eigenvalue weighted by atomic mass is 9.97. The van der Waals surface area contributed by atoms with Crippen molar-refractivity contribution >= 4 is 6.29 Å². The van der Waals surface area contributed by atoms with Crippen LogP contribution < -0.4 is 0 Å². The molecule has 0 bridgehead atoms. The van der Waals surface area contributed by atoms with Gasteiger partial charge in [0.25, 0.3) is 0 Å². The molecule has 0 fully saturated rings. The molecule has 0 heterocycles. The number of hydrogen-bond donors (Lipinski definition) is 0. The second-order valence-corrected chi connectivity index (χ2v) is 9.90. The molecule has 0 aromatic rings. The van der Waals surface area contributed by atoms with Crippen molar-refractivity contribution < 1.29 is 4.79 Å². The van der Waals surface area contributed by atoms with Gasteiger partial charge in [0.15, 0.2) is 0 Å². The molecule has 0 radical (unpaired) electrons. The third-order valence-corrected chi connectivity index (χ3v) is 6.70. The van der Waals surface area contributed by atoms with E-state index in [0.29, 0.717) is 0 Å². The summed E-state index contributed by atoms with van der Waals surface area (Å²) in [5.41, 5.74) is 0. The lowest BCUT2D eigenvalue weighted by Crippen LogP contribution is -2.00. The number of carbonyl (C=O) groups is 1. The van der Waals surface area contributed by atoms with E-state index in [1.807, 2.05) is 0 Å². The van der Waals surface area contributed by atoms with Crippen LogP contribution >= 0.6 is 0 Å². The second-order valence-electron chi connectivity index (χ2n) is 9.90. The van der Waals surface area contributed by atoms with Crippen molar-refractivity contribution in [2.45, 2.75) is 168 Å². The first kappa shape index (κ1) is 30.4. The summed E-state index contributed by atoms with van der Waals surface area (Å²) in [7, 11) is 0. The van der Waals surface area contributed by atoms with Crippen molar-refractivity contribution in [3.63, 3.8) is 0 Å². The minimum atomic E-state index is 0.252. The molecule has 0 aliphatic carbocycles. The summed E-state index contributed by atoms with van der Waals surface area (Å²) >= 11 is 0. The van der Waals surface area contributed by atoms with Crippen LogP contribution in [0.15, 0.2) is 12.2 Å². The van der Waals surface area contributed by atoms with Crippen LogP contribution in [0.4, 0.5) is 0 Å². The van der Waals surface area contributed by atoms with Crippen molar-refractivity contribution in [2.75, 3.05) is 0 Å². The average Bonchev–Trinajstić information content (AvgIpc) is 2.79. The lowest BCUT2D eigenvalue weighted by Gasteiger charge is -2.07. The zero-order chi connectivity index (χ0) is 22.7. The highest BCUT2D eigenvalue weighted by molar-refractivity contribution is 5.53. The molecule has 0 saturated heterocycles. The van der Waals surface area contributed by atoms with Gasteiger partial charge in [-0.2, -0.15) is 0 Å². The normalized spacial score (nSPS) is 12.6. The van der Waals surface area contributed by atoms with Crippen LogP contribution in [0.2, 0.25) is 0 Å². The van der Waals surface area contributed by atoms with Crippen molar-refractivity contribution in [1.29, 1.82) is 0 Å². The smallest absolute Gasteiger partial charge is 0.123 e. The highest BCUT2D eigenvalue weighted by Crippen LogP contribution is 2.16. The van der Waals surface area contributed by atoms with Gasteiger partial charge in [-0.05, 0) is 25.7 Å². The van der Waals surface area contributed by atoms with Crippen LogP contribution in [0.3, 0.4) is 0 Å². The minimum Gasteiger partial charge on any atom is -0.303 e. The Labute approximate surface area is 197 Å². The maximum atomic E-state index is 11.3. The van der Waals surface area contributed by atoms with Gasteiger partial charge in [-0.1, -0.05) is 154 Å². The number of unbranched alkanes of at least 4 members (excludes halogenated alkanes) is 20. The Kier molecular flexibility index (Phi) is 26.9. The highest BCUT2D eigenvalue weighted by atomic mass is 16.1. The number of rotatable bonds is 26. The van der Waals surface area contributed by atoms with E-state index in [2.05, 4.69) is 26.0 Å². The predicted octanol–water partition coefficient (Wildman–Crippen LogP) is 10.8. The average molecular weight is 435 g/mol. The van der Waals surface area contributed by atoms with E-state index in [4.69, 9.17) is 0 Å². The molecule has 0 aliphatic rings. The highest BCUT2D eigenvalue weighted by Gasteiger charge is 2.04. The summed E-state index contributed by atoms with van der Waals surface area (Å²) in [6.45, 7) is 4.57. The van der Waals surface area contributed by atoms with Gasteiger partial charge in [-0.3, -0.25) is 0 Å². The quantitative estimate of drug-likeness (QED) is 0.0751. The molecule has 0 saturated carbocycles. The Morgan fingerprint density at radius 2 is 0.871 bits per heavy atom. The summed E-state index contributed by atoms with van der Waals surface area (Å²) in [4.78, 5) is 11.3. The number of hydrogen-bond acceptors (Lipinski definition) is 1. The number of carbonyl (C=O) groups excluding carboxylic acids is 1. The lowest BCUT2D eigenvalue weighted by molar-refractivity contribution is -0.111. The van der Waals surface area contributed by atoms with E-state index in [9.17, 15) is 4.79 Å². The third-order valence-electron chi connectivity index (χ3n) is 6.70. The molecule has 1 nitrogen and oxygen atoms in total. The second kappa shape index (κ2) is 27.4. The number of aldehydes is 1. The molecule has 0 spiro atoms. The molecule has 0 aromatic heterocycles. The van der Waals surface area contributed by atoms with Crippen LogP contribution in [0.25, 0.3) is 0 Å². The third kappa shape index (κ3) is 25.5. The van der Waals surface area contributed by atoms with Crippen molar-refractivity contribution in [1.82, 2.24) is 0 Å². The van der Waals surface area contributed by atoms with Gasteiger partial charge in [0.2, 0.25) is 0 Å². The van der Waals surface area contributed by atoms with Crippen LogP contribution in [0.5, 0.6) is 0 Å². The predicted molar refractivity (Wildman–Crippen MR) is 141 cm³/mol. The molecular weight excluding hydrogens is 376 g/mol. The fourth-order valence-electron chi connectivity index (χ4n) is 4.45. The van der Waals surface area contributed by atoms with Crippen LogP contribution in [-0.4, -0.2) is 6.29 Å². The Hall–Kier alpha value is -0.590. The van der Waals surface area contributed by atoms with Gasteiger partial charge >= 0.3 is 0 Å². The minimum absolute atomic E-state index is 0.252. The van der Waals surface area contributed by atoms with E-state index < -0.39 is 0 Å². The molecule has 0 aliphatic heterocycles. The standard InChI is InChI=1S/C30H58O/c1-3-5-7-9-11-13-15-17-19-21-23-25-27-30(29-31)28-26-24-22-20-18-16-14-12-10-8-6-4-2/h23,25,29-30H,3-22,24,26-28H2,1-2H3. The fraction of sp³-hybridized carbons (Fsp3) is 0.900. The Morgan fingerprint density at radius 3 is 1.29 bits per heavy atom. The molecule has 31 heavy (non-hydrogen) atoms. The van der Waals surface area contributed by atoms with Gasteiger partial charge in [0, 0.05) is 5.92 Å². The van der Waals surface area contributed by atoms with E-state index in [-0.39, 0.29) is 5.92 Å². The van der Waals surface area contributed by atoms with Crippen molar-refractivity contribution in [2.24, 2.45) is 5.92 Å². The Morgan fingerprint density at radius 1 is 0.484 bits per heavy atom. The molecule has 184 valence electrons. The Balaban J connectivity index is 3.37. The van der Waals surface area contributed by atoms with Crippen LogP contribution in [0, 0.1) is 5.92 Å². The van der Waals surface area contributed by atoms with Crippen molar-refractivity contribution in [3.8, 4) is 0 Å². The van der Waals surface area contributed by atoms with Gasteiger partial charge < -0.3 is 4.79 Å². The molecule has 1 atom stereocenters. The first-order valence-electron chi connectivity index (χ1n) is 14.4. The van der Waals surface area contributed by atoms with Gasteiger partial charge in [-0.25, -0.2) is 0 Å². The van der Waals surface area contributed by atoms with Gasteiger partial charge in [0.1, 0.15) is 6.29 Å². The van der Waals surface area contributed by atoms with Gasteiger partial charge in [0.05, 0.1) is 0 Å². The summed E-state index contributed by atoms with van der Waals surface area (Å²) in [6.07, 6.45) is 38.2. The maximum Gasteiger partial charge on any atom is 0.123 e. The van der Waals surface area contributed by atoms with Gasteiger partial charge in [-0.15, -0.1) is 0 Å². The van der Waals surface area contributed by atoms with E-state index in [1.165, 1.54) is 148 Å². The summed E-state index contributed by atoms with van der Waals surface area (Å²) < 4.78 is 0. The van der Waals surface area contributed by atoms with Crippen LogP contribution in [0.1, 0.15) is 168 Å². The zero-order valence-corrected chi connectivity index (χ0v) is 21.7. The summed E-state index contributed by atoms with van der Waals surface area (Å²) in [5.74, 6) is 0.252. The number of allylic oxidation sites excluding steroid dienone is 2. The maximum absolute atomic E-state index is 11.3. The first-order chi connectivity index (χ1) is 15.3. The topological polar surface area (TPSA) is 17.1 Å². The van der Waals surface area contributed by atoms with E-state index in [1.54, 1.807) is 0 Å². The van der Waals surface area contributed by atoms with Crippen molar-refractivity contribution in [3.05, 3.63) is 12.2 Å². The SMILES string of the molecule is CCCCCCCCCCCC=CCC(C=O)CCCCCCCCCCCCCC. The zero-order valence-electron chi connectivity index (χ0n) is 21.7. The fourth-order valence-corrected chi connectivity index (χ4v) is 4.45. The molecular formula is C30H58O. The molecule has 1 heteroatoms. The molecule has 0 N–H and O–H groups in total. The van der Waals surface area contributed by atoms with Crippen LogP contribution in [-0.2, 0) is 4.79 Å². The molecule has 0 aromatic carbocycles. The van der Waals surface area contributed by atoms with E-state index >= 15 is 0 Å². The molecule has 0 rings (SSSR count).